The normalized spacial score (nSPS) is 10.9. The molecular formula is C20H18FN5O. The molecule has 0 saturated heterocycles. The third kappa shape index (κ3) is 3.87. The average molecular weight is 363 g/mol. The maximum atomic E-state index is 13.2. The third-order valence-corrected chi connectivity index (χ3v) is 4.28. The van der Waals surface area contributed by atoms with E-state index in [-0.39, 0.29) is 5.82 Å². The first-order chi connectivity index (χ1) is 13.2. The van der Waals surface area contributed by atoms with E-state index in [0.717, 1.165) is 45.7 Å². The molecule has 0 saturated carbocycles. The zero-order valence-corrected chi connectivity index (χ0v) is 14.7. The fraction of sp³-hybridized carbons (Fsp3) is 0.150. The number of nitrogens with zero attached hydrogens (tertiary/aromatic N) is 3. The van der Waals surface area contributed by atoms with Crippen molar-refractivity contribution in [3.05, 3.63) is 77.8 Å². The van der Waals surface area contributed by atoms with Gasteiger partial charge in [-0.15, -0.1) is 0 Å². The Morgan fingerprint density at radius 1 is 1.07 bits per heavy atom. The van der Waals surface area contributed by atoms with E-state index in [1.165, 1.54) is 12.3 Å². The summed E-state index contributed by atoms with van der Waals surface area (Å²) in [5.41, 5.74) is 3.81. The van der Waals surface area contributed by atoms with E-state index in [4.69, 9.17) is 4.74 Å². The Morgan fingerprint density at radius 3 is 2.78 bits per heavy atom. The number of aromatic amines is 1. The van der Waals surface area contributed by atoms with Crippen LogP contribution in [-0.2, 0) is 13.0 Å². The van der Waals surface area contributed by atoms with Gasteiger partial charge in [-0.25, -0.2) is 14.4 Å². The molecule has 0 aliphatic heterocycles. The molecule has 0 amide bonds. The first kappa shape index (κ1) is 17.0. The van der Waals surface area contributed by atoms with Crippen LogP contribution in [0.5, 0.6) is 5.75 Å². The highest BCUT2D eigenvalue weighted by molar-refractivity contribution is 5.81. The summed E-state index contributed by atoms with van der Waals surface area (Å²) in [4.78, 5) is 15.8. The van der Waals surface area contributed by atoms with E-state index in [0.29, 0.717) is 6.54 Å². The fourth-order valence-corrected chi connectivity index (χ4v) is 2.90. The molecule has 0 unspecified atom stereocenters. The van der Waals surface area contributed by atoms with E-state index >= 15 is 0 Å². The van der Waals surface area contributed by atoms with Gasteiger partial charge < -0.3 is 15.0 Å². The molecule has 6 nitrogen and oxygen atoms in total. The lowest BCUT2D eigenvalue weighted by molar-refractivity contribution is 0.413. The van der Waals surface area contributed by atoms with Crippen LogP contribution in [0.4, 0.5) is 10.2 Å². The molecule has 0 spiro atoms. The van der Waals surface area contributed by atoms with Crippen molar-refractivity contribution in [2.24, 2.45) is 0 Å². The van der Waals surface area contributed by atoms with Crippen molar-refractivity contribution in [2.45, 2.75) is 13.0 Å². The van der Waals surface area contributed by atoms with Crippen molar-refractivity contribution in [2.75, 3.05) is 12.4 Å². The molecule has 0 radical (unpaired) electrons. The van der Waals surface area contributed by atoms with Gasteiger partial charge in [0.1, 0.15) is 23.0 Å². The predicted molar refractivity (Wildman–Crippen MR) is 101 cm³/mol. The summed E-state index contributed by atoms with van der Waals surface area (Å²) in [7, 11) is 1.63. The predicted octanol–water partition coefficient (Wildman–Crippen LogP) is 3.70. The van der Waals surface area contributed by atoms with Crippen LogP contribution in [-0.4, -0.2) is 27.0 Å². The van der Waals surface area contributed by atoms with Crippen LogP contribution in [0.2, 0.25) is 0 Å². The Hall–Kier alpha value is -3.48. The van der Waals surface area contributed by atoms with Gasteiger partial charge in [0.25, 0.3) is 0 Å². The zero-order valence-electron chi connectivity index (χ0n) is 14.7. The second kappa shape index (κ2) is 7.41. The molecule has 4 aromatic rings. The Morgan fingerprint density at radius 2 is 2.00 bits per heavy atom. The first-order valence-electron chi connectivity index (χ1n) is 8.49. The maximum Gasteiger partial charge on any atom is 0.141 e. The molecule has 0 aliphatic carbocycles. The summed E-state index contributed by atoms with van der Waals surface area (Å²) >= 11 is 0. The number of H-pyrrole nitrogens is 1. The molecule has 0 bridgehead atoms. The smallest absolute Gasteiger partial charge is 0.141 e. The van der Waals surface area contributed by atoms with Gasteiger partial charge in [0, 0.05) is 36.9 Å². The average Bonchev–Trinajstić information content (AvgIpc) is 3.09. The van der Waals surface area contributed by atoms with E-state index < -0.39 is 0 Å². The van der Waals surface area contributed by atoms with Gasteiger partial charge in [-0.1, -0.05) is 6.07 Å². The Balaban J connectivity index is 1.45. The van der Waals surface area contributed by atoms with Crippen molar-refractivity contribution in [1.82, 2.24) is 19.9 Å². The Labute approximate surface area is 155 Å². The molecule has 27 heavy (non-hydrogen) atoms. The van der Waals surface area contributed by atoms with Crippen LogP contribution in [0.15, 0.2) is 55.2 Å². The number of ether oxygens (including phenoxy) is 1. The van der Waals surface area contributed by atoms with Crippen LogP contribution in [0, 0.1) is 5.82 Å². The van der Waals surface area contributed by atoms with Crippen LogP contribution in [0.3, 0.4) is 0 Å². The summed E-state index contributed by atoms with van der Waals surface area (Å²) < 4.78 is 18.4. The lowest BCUT2D eigenvalue weighted by atomic mass is 10.1. The molecular weight excluding hydrogens is 345 g/mol. The number of hydrogen-bond acceptors (Lipinski definition) is 5. The summed E-state index contributed by atoms with van der Waals surface area (Å²) in [5, 5.41) is 4.21. The van der Waals surface area contributed by atoms with Gasteiger partial charge in [-0.05, 0) is 34.9 Å². The highest BCUT2D eigenvalue weighted by Gasteiger charge is 2.08. The van der Waals surface area contributed by atoms with Crippen molar-refractivity contribution in [3.63, 3.8) is 0 Å². The number of fused-ring (bicyclic) bond motifs is 1. The monoisotopic (exact) mass is 363 g/mol. The number of pyridine rings is 3. The topological polar surface area (TPSA) is 75.7 Å². The summed E-state index contributed by atoms with van der Waals surface area (Å²) in [6.45, 7) is 0.463. The number of aromatic nitrogens is 4. The summed E-state index contributed by atoms with van der Waals surface area (Å²) in [6.07, 6.45) is 9.03. The van der Waals surface area contributed by atoms with Crippen molar-refractivity contribution >= 4 is 16.9 Å². The van der Waals surface area contributed by atoms with Crippen LogP contribution in [0.25, 0.3) is 11.0 Å². The number of hydrogen-bond donors (Lipinski definition) is 2. The minimum absolute atomic E-state index is 0.345. The van der Waals surface area contributed by atoms with E-state index in [9.17, 15) is 4.39 Å². The Kier molecular flexibility index (Phi) is 4.65. The molecule has 0 atom stereocenters. The van der Waals surface area contributed by atoms with Crippen molar-refractivity contribution in [1.29, 1.82) is 0 Å². The standard InChI is InChI=1S/C20H18FN5O/c1-27-17-6-18-15(10-25-20(18)26-12-17)4-13-2-3-19(23-8-13)24-9-14-5-16(21)11-22-7-14/h2-3,5-8,10-12H,4,9H2,1H3,(H,23,24)(H,25,26). The number of methoxy groups -OCH3 is 1. The van der Waals surface area contributed by atoms with Gasteiger partial charge in [-0.2, -0.15) is 0 Å². The highest BCUT2D eigenvalue weighted by atomic mass is 19.1. The van der Waals surface area contributed by atoms with Gasteiger partial charge >= 0.3 is 0 Å². The lowest BCUT2D eigenvalue weighted by Crippen LogP contribution is -2.02. The minimum Gasteiger partial charge on any atom is -0.495 e. The van der Waals surface area contributed by atoms with Gasteiger partial charge in [-0.3, -0.25) is 4.98 Å². The molecule has 7 heteroatoms. The molecule has 4 heterocycles. The first-order valence-corrected chi connectivity index (χ1v) is 8.49. The molecule has 2 N–H and O–H groups in total. The van der Waals surface area contributed by atoms with Crippen molar-refractivity contribution in [3.8, 4) is 5.75 Å². The Bertz CT molecular complexity index is 1060. The van der Waals surface area contributed by atoms with Gasteiger partial charge in [0.15, 0.2) is 0 Å². The van der Waals surface area contributed by atoms with E-state index in [2.05, 4.69) is 25.3 Å². The quantitative estimate of drug-likeness (QED) is 0.546. The van der Waals surface area contributed by atoms with Crippen LogP contribution in [0.1, 0.15) is 16.7 Å². The molecule has 0 aliphatic rings. The van der Waals surface area contributed by atoms with Crippen molar-refractivity contribution < 1.29 is 9.13 Å². The SMILES string of the molecule is COc1cnc2[nH]cc(Cc3ccc(NCc4cncc(F)c4)nc3)c2c1. The fourth-order valence-electron chi connectivity index (χ4n) is 2.90. The van der Waals surface area contributed by atoms with E-state index in [1.807, 2.05) is 30.6 Å². The molecule has 0 aromatic carbocycles. The summed E-state index contributed by atoms with van der Waals surface area (Å²) in [5.74, 6) is 1.11. The van der Waals surface area contributed by atoms with Crippen LogP contribution >= 0.6 is 0 Å². The van der Waals surface area contributed by atoms with Crippen LogP contribution < -0.4 is 10.1 Å². The summed E-state index contributed by atoms with van der Waals surface area (Å²) in [6, 6.07) is 7.36. The molecule has 4 rings (SSSR count). The lowest BCUT2D eigenvalue weighted by Gasteiger charge is -2.07. The number of nitrogens with one attached hydrogen (secondary N) is 2. The largest absolute Gasteiger partial charge is 0.495 e. The third-order valence-electron chi connectivity index (χ3n) is 4.28. The van der Waals surface area contributed by atoms with Gasteiger partial charge in [0.05, 0.1) is 19.5 Å². The minimum atomic E-state index is -0.345. The molecule has 0 fully saturated rings. The second-order valence-electron chi connectivity index (χ2n) is 6.18. The van der Waals surface area contributed by atoms with Gasteiger partial charge in [0.2, 0.25) is 0 Å². The number of anilines is 1. The zero-order chi connectivity index (χ0) is 18.6. The number of halogens is 1. The second-order valence-corrected chi connectivity index (χ2v) is 6.18. The number of rotatable bonds is 6. The molecule has 136 valence electrons. The van der Waals surface area contributed by atoms with E-state index in [1.54, 1.807) is 19.5 Å². The molecule has 4 aromatic heterocycles. The highest BCUT2D eigenvalue weighted by Crippen LogP contribution is 2.23. The maximum absolute atomic E-state index is 13.2.